The molecular formula is C28H25FN4O3. The Labute approximate surface area is 207 Å². The minimum absolute atomic E-state index is 0.195. The second-order valence-electron chi connectivity index (χ2n) is 8.88. The first-order valence-electron chi connectivity index (χ1n) is 11.6. The Morgan fingerprint density at radius 2 is 1.61 bits per heavy atom. The topological polar surface area (TPSA) is 83.4 Å². The second kappa shape index (κ2) is 8.96. The summed E-state index contributed by atoms with van der Waals surface area (Å²) in [5.41, 5.74) is 8.72. The smallest absolute Gasteiger partial charge is 0.272 e. The van der Waals surface area contributed by atoms with Crippen LogP contribution < -0.4 is 10.9 Å². The number of para-hydroxylation sites is 1. The predicted molar refractivity (Wildman–Crippen MR) is 134 cm³/mol. The van der Waals surface area contributed by atoms with E-state index in [1.165, 1.54) is 18.2 Å². The van der Waals surface area contributed by atoms with Gasteiger partial charge < -0.3 is 9.47 Å². The second-order valence-corrected chi connectivity index (χ2v) is 8.88. The van der Waals surface area contributed by atoms with Gasteiger partial charge in [0.1, 0.15) is 11.9 Å². The number of hydrogen-bond donors (Lipinski definition) is 2. The fourth-order valence-electron chi connectivity index (χ4n) is 4.99. The van der Waals surface area contributed by atoms with Crippen molar-refractivity contribution in [1.82, 2.24) is 20.3 Å². The number of carbonyl (C=O) groups excluding carboxylic acids is 3. The van der Waals surface area contributed by atoms with Gasteiger partial charge in [-0.05, 0) is 43.7 Å². The quantitative estimate of drug-likeness (QED) is 0.429. The van der Waals surface area contributed by atoms with Crippen molar-refractivity contribution in [3.63, 3.8) is 0 Å². The molecule has 3 amide bonds. The van der Waals surface area contributed by atoms with Crippen molar-refractivity contribution in [2.24, 2.45) is 7.05 Å². The van der Waals surface area contributed by atoms with Gasteiger partial charge in [0.15, 0.2) is 0 Å². The van der Waals surface area contributed by atoms with Crippen LogP contribution in [-0.2, 0) is 11.8 Å². The fraction of sp³-hybridized carbons (Fsp3) is 0.179. The lowest BCUT2D eigenvalue weighted by Crippen LogP contribution is -2.52. The summed E-state index contributed by atoms with van der Waals surface area (Å²) in [6, 6.07) is 19.3. The van der Waals surface area contributed by atoms with Gasteiger partial charge in [-0.25, -0.2) is 4.39 Å². The SMILES string of the molecule is Cc1c(C2c3ccccc3C(=O)N2C(C)C(=O)NNC(=O)c2ccccc2F)c2ccccc2n1C. The molecule has 0 bridgehead atoms. The molecule has 2 unspecified atom stereocenters. The van der Waals surface area contributed by atoms with Crippen LogP contribution in [0, 0.1) is 12.7 Å². The number of hydrogen-bond acceptors (Lipinski definition) is 3. The molecular weight excluding hydrogens is 459 g/mol. The molecule has 8 heteroatoms. The first-order chi connectivity index (χ1) is 17.3. The molecule has 182 valence electrons. The average Bonchev–Trinajstić information content (AvgIpc) is 3.32. The van der Waals surface area contributed by atoms with Crippen LogP contribution in [0.3, 0.4) is 0 Å². The van der Waals surface area contributed by atoms with Gasteiger partial charge in [0.2, 0.25) is 0 Å². The van der Waals surface area contributed by atoms with Gasteiger partial charge in [-0.3, -0.25) is 25.2 Å². The van der Waals surface area contributed by atoms with Crippen molar-refractivity contribution in [3.8, 4) is 0 Å². The van der Waals surface area contributed by atoms with Crippen LogP contribution in [0.1, 0.15) is 50.5 Å². The van der Waals surface area contributed by atoms with Crippen LogP contribution in [0.5, 0.6) is 0 Å². The molecule has 1 aliphatic rings. The summed E-state index contributed by atoms with van der Waals surface area (Å²) >= 11 is 0. The summed E-state index contributed by atoms with van der Waals surface area (Å²) in [4.78, 5) is 40.7. The van der Waals surface area contributed by atoms with Crippen LogP contribution in [0.25, 0.3) is 10.9 Å². The molecule has 2 N–H and O–H groups in total. The molecule has 7 nitrogen and oxygen atoms in total. The number of amides is 3. The molecule has 0 aliphatic carbocycles. The van der Waals surface area contributed by atoms with Crippen molar-refractivity contribution in [2.45, 2.75) is 25.9 Å². The monoisotopic (exact) mass is 484 g/mol. The van der Waals surface area contributed by atoms with E-state index in [-0.39, 0.29) is 11.5 Å². The Morgan fingerprint density at radius 1 is 0.944 bits per heavy atom. The van der Waals surface area contributed by atoms with Crippen molar-refractivity contribution in [3.05, 3.63) is 107 Å². The third-order valence-corrected chi connectivity index (χ3v) is 6.93. The van der Waals surface area contributed by atoms with Gasteiger partial charge in [-0.1, -0.05) is 48.5 Å². The van der Waals surface area contributed by atoms with Gasteiger partial charge in [0.05, 0.1) is 11.6 Å². The number of nitrogens with one attached hydrogen (secondary N) is 2. The molecule has 36 heavy (non-hydrogen) atoms. The Kier molecular flexibility index (Phi) is 5.80. The lowest BCUT2D eigenvalue weighted by Gasteiger charge is -2.31. The van der Waals surface area contributed by atoms with Gasteiger partial charge >= 0.3 is 0 Å². The number of aromatic nitrogens is 1. The lowest BCUT2D eigenvalue weighted by molar-refractivity contribution is -0.126. The Hall–Kier alpha value is -4.46. The van der Waals surface area contributed by atoms with Crippen LogP contribution >= 0.6 is 0 Å². The first kappa shape index (κ1) is 23.3. The highest BCUT2D eigenvalue weighted by molar-refractivity contribution is 6.04. The summed E-state index contributed by atoms with van der Waals surface area (Å²) in [5, 5.41) is 0.998. The van der Waals surface area contributed by atoms with E-state index in [1.54, 1.807) is 24.0 Å². The molecule has 2 atom stereocenters. The summed E-state index contributed by atoms with van der Waals surface area (Å²) < 4.78 is 16.0. The molecule has 2 heterocycles. The third-order valence-electron chi connectivity index (χ3n) is 6.93. The van der Waals surface area contributed by atoms with E-state index in [2.05, 4.69) is 15.4 Å². The van der Waals surface area contributed by atoms with E-state index >= 15 is 0 Å². The van der Waals surface area contributed by atoms with Crippen LogP contribution in [0.4, 0.5) is 4.39 Å². The molecule has 0 saturated heterocycles. The predicted octanol–water partition coefficient (Wildman–Crippen LogP) is 4.02. The van der Waals surface area contributed by atoms with Crippen molar-refractivity contribution in [2.75, 3.05) is 0 Å². The minimum Gasteiger partial charge on any atom is -0.348 e. The Bertz CT molecular complexity index is 1530. The maximum absolute atomic E-state index is 13.9. The maximum Gasteiger partial charge on any atom is 0.272 e. The van der Waals surface area contributed by atoms with E-state index in [1.807, 2.05) is 50.4 Å². The molecule has 4 aromatic rings. The number of halogens is 1. The summed E-state index contributed by atoms with van der Waals surface area (Å²) in [6.45, 7) is 3.61. The van der Waals surface area contributed by atoms with Gasteiger partial charge in [-0.2, -0.15) is 0 Å². The zero-order valence-electron chi connectivity index (χ0n) is 20.1. The number of aryl methyl sites for hydroxylation is 1. The largest absolute Gasteiger partial charge is 0.348 e. The number of nitrogens with zero attached hydrogens (tertiary/aromatic N) is 2. The van der Waals surface area contributed by atoms with Crippen molar-refractivity contribution >= 4 is 28.6 Å². The van der Waals surface area contributed by atoms with E-state index in [0.29, 0.717) is 5.56 Å². The Morgan fingerprint density at radius 3 is 2.39 bits per heavy atom. The van der Waals surface area contributed by atoms with E-state index in [0.717, 1.165) is 33.8 Å². The van der Waals surface area contributed by atoms with Gasteiger partial charge in [0.25, 0.3) is 17.7 Å². The highest BCUT2D eigenvalue weighted by atomic mass is 19.1. The van der Waals surface area contributed by atoms with Crippen LogP contribution in [0.15, 0.2) is 72.8 Å². The fourth-order valence-corrected chi connectivity index (χ4v) is 4.99. The minimum atomic E-state index is -0.936. The number of benzene rings is 3. The van der Waals surface area contributed by atoms with Gasteiger partial charge in [-0.15, -0.1) is 0 Å². The average molecular weight is 485 g/mol. The lowest BCUT2D eigenvalue weighted by atomic mass is 9.95. The summed E-state index contributed by atoms with van der Waals surface area (Å²) in [5.74, 6) is -2.35. The summed E-state index contributed by atoms with van der Waals surface area (Å²) in [6.07, 6.45) is 0. The van der Waals surface area contributed by atoms with Crippen LogP contribution in [0.2, 0.25) is 0 Å². The van der Waals surface area contributed by atoms with E-state index in [4.69, 9.17) is 0 Å². The summed E-state index contributed by atoms with van der Waals surface area (Å²) in [7, 11) is 1.97. The molecule has 0 radical (unpaired) electrons. The van der Waals surface area contributed by atoms with Crippen LogP contribution in [-0.4, -0.2) is 33.2 Å². The standard InChI is InChI=1S/C28H25FN4O3/c1-16-24(21-13-7-9-15-23(21)32(16)3)25-18-10-4-5-11-19(18)28(36)33(25)17(2)26(34)30-31-27(35)20-12-6-8-14-22(20)29/h4-15,17,25H,1-3H3,(H,30,34)(H,31,35). The Balaban J connectivity index is 1.50. The number of carbonyl (C=O) groups is 3. The number of rotatable bonds is 4. The molecule has 3 aromatic carbocycles. The van der Waals surface area contributed by atoms with Gasteiger partial charge in [0, 0.05) is 34.8 Å². The highest BCUT2D eigenvalue weighted by Crippen LogP contribution is 2.44. The van der Waals surface area contributed by atoms with E-state index in [9.17, 15) is 18.8 Å². The normalized spacial score (nSPS) is 15.6. The number of fused-ring (bicyclic) bond motifs is 2. The molecule has 0 fully saturated rings. The maximum atomic E-state index is 13.9. The van der Waals surface area contributed by atoms with Crippen molar-refractivity contribution in [1.29, 1.82) is 0 Å². The molecule has 0 spiro atoms. The zero-order chi connectivity index (χ0) is 25.6. The van der Waals surface area contributed by atoms with Crippen molar-refractivity contribution < 1.29 is 18.8 Å². The number of hydrazine groups is 1. The first-order valence-corrected chi connectivity index (χ1v) is 11.6. The molecule has 5 rings (SSSR count). The van der Waals surface area contributed by atoms with E-state index < -0.39 is 29.7 Å². The highest BCUT2D eigenvalue weighted by Gasteiger charge is 2.44. The zero-order valence-corrected chi connectivity index (χ0v) is 20.1. The molecule has 1 aromatic heterocycles. The molecule has 1 aliphatic heterocycles. The third kappa shape index (κ3) is 3.62. The molecule has 0 saturated carbocycles.